The van der Waals surface area contributed by atoms with Crippen molar-refractivity contribution in [2.75, 3.05) is 20.1 Å². The first kappa shape index (κ1) is 13.1. The highest BCUT2D eigenvalue weighted by atomic mass is 16.2. The van der Waals surface area contributed by atoms with Crippen LogP contribution in [0.4, 0.5) is 0 Å². The van der Waals surface area contributed by atoms with Gasteiger partial charge in [-0.2, -0.15) is 5.10 Å². The van der Waals surface area contributed by atoms with Gasteiger partial charge in [0.25, 0.3) is 0 Å². The molecule has 1 saturated heterocycles. The zero-order valence-corrected chi connectivity index (χ0v) is 11.5. The van der Waals surface area contributed by atoms with Crippen LogP contribution in [0.3, 0.4) is 0 Å². The van der Waals surface area contributed by atoms with E-state index in [0.29, 0.717) is 6.54 Å². The number of likely N-dealkylation sites (tertiary alicyclic amines) is 1. The molecule has 1 amide bonds. The summed E-state index contributed by atoms with van der Waals surface area (Å²) in [5.41, 5.74) is 3.30. The fourth-order valence-electron chi connectivity index (χ4n) is 2.52. The van der Waals surface area contributed by atoms with Gasteiger partial charge in [-0.15, -0.1) is 0 Å². The van der Waals surface area contributed by atoms with Crippen LogP contribution in [-0.2, 0) is 17.9 Å². The van der Waals surface area contributed by atoms with Crippen molar-refractivity contribution in [1.29, 1.82) is 0 Å². The zero-order chi connectivity index (χ0) is 13.1. The molecule has 0 radical (unpaired) electrons. The van der Waals surface area contributed by atoms with Crippen LogP contribution >= 0.6 is 0 Å². The Morgan fingerprint density at radius 1 is 1.33 bits per heavy atom. The fourth-order valence-corrected chi connectivity index (χ4v) is 2.52. The molecule has 18 heavy (non-hydrogen) atoms. The van der Waals surface area contributed by atoms with Gasteiger partial charge in [-0.1, -0.05) is 0 Å². The number of nitrogens with zero attached hydrogens (tertiary/aromatic N) is 3. The van der Waals surface area contributed by atoms with Crippen molar-refractivity contribution in [2.24, 2.45) is 0 Å². The molecular weight excluding hydrogens is 228 g/mol. The second-order valence-electron chi connectivity index (χ2n) is 4.93. The van der Waals surface area contributed by atoms with E-state index in [0.717, 1.165) is 43.9 Å². The van der Waals surface area contributed by atoms with E-state index >= 15 is 0 Å². The smallest absolute Gasteiger partial charge is 0.244 e. The van der Waals surface area contributed by atoms with Crippen LogP contribution in [-0.4, -0.2) is 40.7 Å². The van der Waals surface area contributed by atoms with Gasteiger partial charge in [0.15, 0.2) is 0 Å². The van der Waals surface area contributed by atoms with Gasteiger partial charge in [0.1, 0.15) is 6.54 Å². The van der Waals surface area contributed by atoms with Crippen LogP contribution in [0.2, 0.25) is 0 Å². The zero-order valence-electron chi connectivity index (χ0n) is 11.5. The number of aromatic nitrogens is 2. The molecule has 1 aliphatic heterocycles. The summed E-state index contributed by atoms with van der Waals surface area (Å²) in [6.45, 7) is 7.01. The Morgan fingerprint density at radius 3 is 2.61 bits per heavy atom. The monoisotopic (exact) mass is 250 g/mol. The lowest BCUT2D eigenvalue weighted by Crippen LogP contribution is -2.31. The maximum Gasteiger partial charge on any atom is 0.244 e. The summed E-state index contributed by atoms with van der Waals surface area (Å²) in [6.07, 6.45) is 2.27. The Labute approximate surface area is 108 Å². The molecule has 1 aliphatic rings. The molecule has 0 spiro atoms. The molecule has 0 saturated carbocycles. The predicted molar refractivity (Wildman–Crippen MR) is 70.3 cm³/mol. The molecule has 2 heterocycles. The average molecular weight is 250 g/mol. The van der Waals surface area contributed by atoms with E-state index in [9.17, 15) is 4.79 Å². The second-order valence-corrected chi connectivity index (χ2v) is 4.93. The van der Waals surface area contributed by atoms with E-state index in [1.165, 1.54) is 5.56 Å². The van der Waals surface area contributed by atoms with Crippen LogP contribution in [0, 0.1) is 13.8 Å². The van der Waals surface area contributed by atoms with Gasteiger partial charge in [-0.25, -0.2) is 0 Å². The molecule has 100 valence electrons. The third-order valence-corrected chi connectivity index (χ3v) is 3.63. The van der Waals surface area contributed by atoms with Crippen molar-refractivity contribution < 1.29 is 4.79 Å². The minimum atomic E-state index is 0.189. The lowest BCUT2D eigenvalue weighted by molar-refractivity contribution is -0.130. The molecule has 0 aliphatic carbocycles. The molecule has 1 N–H and O–H groups in total. The van der Waals surface area contributed by atoms with Crippen molar-refractivity contribution in [3.63, 3.8) is 0 Å². The maximum absolute atomic E-state index is 12.1. The quantitative estimate of drug-likeness (QED) is 0.861. The third kappa shape index (κ3) is 2.56. The number of amides is 1. The van der Waals surface area contributed by atoms with Crippen molar-refractivity contribution >= 4 is 5.91 Å². The first-order chi connectivity index (χ1) is 8.63. The summed E-state index contributed by atoms with van der Waals surface area (Å²) in [5, 5.41) is 7.61. The summed E-state index contributed by atoms with van der Waals surface area (Å²) in [7, 11) is 1.92. The average Bonchev–Trinajstić information content (AvgIpc) is 2.94. The predicted octanol–water partition coefficient (Wildman–Crippen LogP) is 0.842. The van der Waals surface area contributed by atoms with Crippen molar-refractivity contribution in [3.05, 3.63) is 17.0 Å². The van der Waals surface area contributed by atoms with Gasteiger partial charge in [-0.3, -0.25) is 9.48 Å². The molecule has 1 aromatic rings. The summed E-state index contributed by atoms with van der Waals surface area (Å²) in [4.78, 5) is 14.0. The van der Waals surface area contributed by atoms with Crippen molar-refractivity contribution in [2.45, 2.75) is 39.8 Å². The van der Waals surface area contributed by atoms with Crippen molar-refractivity contribution in [1.82, 2.24) is 20.0 Å². The first-order valence-corrected chi connectivity index (χ1v) is 6.58. The highest BCUT2D eigenvalue weighted by molar-refractivity contribution is 5.76. The van der Waals surface area contributed by atoms with Gasteiger partial charge in [-0.05, 0) is 33.7 Å². The molecule has 0 aromatic carbocycles. The van der Waals surface area contributed by atoms with E-state index in [1.807, 2.05) is 30.5 Å². The van der Waals surface area contributed by atoms with E-state index in [2.05, 4.69) is 10.4 Å². The summed E-state index contributed by atoms with van der Waals surface area (Å²) < 4.78 is 1.84. The number of carbonyl (C=O) groups excluding carboxylic acids is 1. The summed E-state index contributed by atoms with van der Waals surface area (Å²) in [6, 6.07) is 0. The Hall–Kier alpha value is -1.36. The Morgan fingerprint density at radius 2 is 2.00 bits per heavy atom. The highest BCUT2D eigenvalue weighted by Gasteiger charge is 2.20. The Kier molecular flexibility index (Phi) is 4.01. The molecule has 0 unspecified atom stereocenters. The molecule has 5 nitrogen and oxygen atoms in total. The molecule has 1 aromatic heterocycles. The topological polar surface area (TPSA) is 50.2 Å². The molecule has 2 rings (SSSR count). The minimum Gasteiger partial charge on any atom is -0.341 e. The molecule has 5 heteroatoms. The van der Waals surface area contributed by atoms with Gasteiger partial charge in [0, 0.05) is 30.9 Å². The minimum absolute atomic E-state index is 0.189. The first-order valence-electron chi connectivity index (χ1n) is 6.58. The maximum atomic E-state index is 12.1. The fraction of sp³-hybridized carbons (Fsp3) is 0.692. The third-order valence-electron chi connectivity index (χ3n) is 3.63. The highest BCUT2D eigenvalue weighted by Crippen LogP contribution is 2.14. The lowest BCUT2D eigenvalue weighted by atomic mass is 10.2. The van der Waals surface area contributed by atoms with E-state index < -0.39 is 0 Å². The molecular formula is C13H22N4O. The lowest BCUT2D eigenvalue weighted by Gasteiger charge is -2.15. The number of carbonyl (C=O) groups is 1. The number of hydrogen-bond donors (Lipinski definition) is 1. The molecule has 0 atom stereocenters. The standard InChI is InChI=1S/C13H22N4O/c1-10-12(8-14-3)11(2)17(15-10)9-13(18)16-6-4-5-7-16/h14H,4-9H2,1-3H3. The normalized spacial score (nSPS) is 15.4. The van der Waals surface area contributed by atoms with Gasteiger partial charge in [0.05, 0.1) is 5.69 Å². The van der Waals surface area contributed by atoms with Crippen LogP contribution in [0.15, 0.2) is 0 Å². The van der Waals surface area contributed by atoms with Crippen LogP contribution in [0.1, 0.15) is 29.8 Å². The molecule has 1 fully saturated rings. The number of nitrogens with one attached hydrogen (secondary N) is 1. The SMILES string of the molecule is CNCc1c(C)nn(CC(=O)N2CCCC2)c1C. The van der Waals surface area contributed by atoms with Crippen LogP contribution in [0.25, 0.3) is 0 Å². The number of aryl methyl sites for hydroxylation is 1. The van der Waals surface area contributed by atoms with E-state index in [1.54, 1.807) is 0 Å². The summed E-state index contributed by atoms with van der Waals surface area (Å²) in [5.74, 6) is 0.189. The van der Waals surface area contributed by atoms with Gasteiger partial charge < -0.3 is 10.2 Å². The number of rotatable bonds is 4. The molecule has 0 bridgehead atoms. The Balaban J connectivity index is 2.09. The second kappa shape index (κ2) is 5.52. The van der Waals surface area contributed by atoms with Gasteiger partial charge in [0.2, 0.25) is 5.91 Å². The number of hydrogen-bond acceptors (Lipinski definition) is 3. The largest absolute Gasteiger partial charge is 0.341 e. The van der Waals surface area contributed by atoms with Gasteiger partial charge >= 0.3 is 0 Å². The van der Waals surface area contributed by atoms with Crippen LogP contribution in [0.5, 0.6) is 0 Å². The van der Waals surface area contributed by atoms with Crippen molar-refractivity contribution in [3.8, 4) is 0 Å². The van der Waals surface area contributed by atoms with Crippen LogP contribution < -0.4 is 5.32 Å². The van der Waals surface area contributed by atoms with E-state index in [4.69, 9.17) is 0 Å². The summed E-state index contributed by atoms with van der Waals surface area (Å²) >= 11 is 0. The van der Waals surface area contributed by atoms with E-state index in [-0.39, 0.29) is 5.91 Å². The Bertz CT molecular complexity index is 432.